The minimum Gasteiger partial charge on any atom is -0.872 e. The maximum Gasteiger partial charge on any atom is 0.335 e. The third kappa shape index (κ3) is 4.82. The van der Waals surface area contributed by atoms with E-state index in [9.17, 15) is 24.3 Å². The quantitative estimate of drug-likeness (QED) is 0.699. The minimum atomic E-state index is -1.39. The molecule has 3 rings (SSSR count). The molecular formula is C20H15N2O6S-. The zero-order valence-corrected chi connectivity index (χ0v) is 15.8. The second-order valence-corrected chi connectivity index (χ2v) is 7.05. The third-order valence-corrected chi connectivity index (χ3v) is 4.93. The van der Waals surface area contributed by atoms with Crippen molar-refractivity contribution in [3.63, 3.8) is 0 Å². The van der Waals surface area contributed by atoms with Crippen LogP contribution in [0.5, 0.6) is 5.75 Å². The number of benzene rings is 2. The van der Waals surface area contributed by atoms with Crippen LogP contribution in [-0.4, -0.2) is 39.6 Å². The van der Waals surface area contributed by atoms with Crippen molar-refractivity contribution in [2.24, 2.45) is 0 Å². The van der Waals surface area contributed by atoms with Crippen molar-refractivity contribution in [1.82, 2.24) is 4.90 Å². The van der Waals surface area contributed by atoms with E-state index in [0.717, 1.165) is 34.4 Å². The number of hydrogen-bond donors (Lipinski definition) is 2. The summed E-state index contributed by atoms with van der Waals surface area (Å²) in [7, 11) is 0. The van der Waals surface area contributed by atoms with E-state index in [1.165, 1.54) is 6.07 Å². The van der Waals surface area contributed by atoms with Crippen LogP contribution in [0.1, 0.15) is 22.3 Å². The molecule has 0 saturated carbocycles. The van der Waals surface area contributed by atoms with Crippen LogP contribution in [0.4, 0.5) is 10.5 Å². The van der Waals surface area contributed by atoms with Crippen LogP contribution < -0.4 is 10.4 Å². The van der Waals surface area contributed by atoms with Gasteiger partial charge in [-0.3, -0.25) is 19.3 Å². The molecule has 0 bridgehead atoms. The van der Waals surface area contributed by atoms with Crippen molar-refractivity contribution in [1.29, 1.82) is 0 Å². The Hall–Kier alpha value is -3.59. The van der Waals surface area contributed by atoms with E-state index in [0.29, 0.717) is 0 Å². The normalized spacial score (nSPS) is 15.0. The zero-order valence-electron chi connectivity index (χ0n) is 15.0. The van der Waals surface area contributed by atoms with E-state index in [4.69, 9.17) is 5.11 Å². The van der Waals surface area contributed by atoms with Gasteiger partial charge in [-0.1, -0.05) is 42.1 Å². The molecule has 0 radical (unpaired) electrons. The van der Waals surface area contributed by atoms with Gasteiger partial charge in [0.15, 0.2) is 0 Å². The molecule has 0 atom stereocenters. The van der Waals surface area contributed by atoms with Crippen molar-refractivity contribution < 1.29 is 29.4 Å². The molecule has 1 aliphatic rings. The molecule has 0 spiro atoms. The van der Waals surface area contributed by atoms with Gasteiger partial charge in [-0.05, 0) is 35.5 Å². The van der Waals surface area contributed by atoms with Crippen LogP contribution >= 0.6 is 11.8 Å². The summed E-state index contributed by atoms with van der Waals surface area (Å²) in [4.78, 5) is 48.9. The highest BCUT2D eigenvalue weighted by Gasteiger charge is 2.35. The first-order chi connectivity index (χ1) is 13.8. The fraction of sp³-hybridized carbons (Fsp3) is 0.100. The van der Waals surface area contributed by atoms with Crippen molar-refractivity contribution >= 4 is 46.5 Å². The van der Waals surface area contributed by atoms with E-state index in [1.54, 1.807) is 18.2 Å². The number of anilines is 1. The van der Waals surface area contributed by atoms with Crippen LogP contribution in [0.15, 0.2) is 53.4 Å². The molecule has 1 heterocycles. The third-order valence-electron chi connectivity index (χ3n) is 4.03. The number of thioether (sulfide) groups is 1. The highest BCUT2D eigenvalue weighted by molar-refractivity contribution is 8.18. The lowest BCUT2D eigenvalue weighted by Gasteiger charge is -2.14. The van der Waals surface area contributed by atoms with Gasteiger partial charge in [-0.2, -0.15) is 0 Å². The molecule has 29 heavy (non-hydrogen) atoms. The fourth-order valence-corrected chi connectivity index (χ4v) is 3.47. The van der Waals surface area contributed by atoms with Crippen LogP contribution in [-0.2, 0) is 9.59 Å². The number of carboxylic acids is 1. The van der Waals surface area contributed by atoms with Gasteiger partial charge in [-0.15, -0.1) is 0 Å². The average Bonchev–Trinajstić information content (AvgIpc) is 2.95. The smallest absolute Gasteiger partial charge is 0.335 e. The maximum absolute atomic E-state index is 12.4. The summed E-state index contributed by atoms with van der Waals surface area (Å²) in [5.74, 6) is -3.06. The summed E-state index contributed by atoms with van der Waals surface area (Å²) in [6.07, 6.45) is 1.45. The van der Waals surface area contributed by atoms with E-state index >= 15 is 0 Å². The van der Waals surface area contributed by atoms with Crippen LogP contribution in [0.3, 0.4) is 0 Å². The van der Waals surface area contributed by atoms with E-state index < -0.39 is 34.3 Å². The summed E-state index contributed by atoms with van der Waals surface area (Å²) in [6, 6.07) is 12.5. The van der Waals surface area contributed by atoms with Crippen LogP contribution in [0.25, 0.3) is 6.08 Å². The Kier molecular flexibility index (Phi) is 5.99. The predicted octanol–water partition coefficient (Wildman–Crippen LogP) is 2.52. The molecule has 1 saturated heterocycles. The van der Waals surface area contributed by atoms with Crippen LogP contribution in [0, 0.1) is 0 Å². The molecule has 148 valence electrons. The first-order valence-electron chi connectivity index (χ1n) is 8.50. The predicted molar refractivity (Wildman–Crippen MR) is 105 cm³/mol. The molecule has 0 aliphatic carbocycles. The molecule has 2 N–H and O–H groups in total. The highest BCUT2D eigenvalue weighted by Crippen LogP contribution is 2.32. The summed E-state index contributed by atoms with van der Waals surface area (Å²) < 4.78 is 0. The lowest BCUT2D eigenvalue weighted by Crippen LogP contribution is -2.31. The first kappa shape index (κ1) is 20.2. The van der Waals surface area contributed by atoms with Crippen molar-refractivity contribution in [2.75, 3.05) is 11.9 Å². The Balaban J connectivity index is 1.61. The summed E-state index contributed by atoms with van der Waals surface area (Å²) in [5.41, 5.74) is 0.469. The van der Waals surface area contributed by atoms with Gasteiger partial charge >= 0.3 is 5.97 Å². The van der Waals surface area contributed by atoms with E-state index in [-0.39, 0.29) is 23.6 Å². The Bertz CT molecular complexity index is 1020. The number of nitrogens with one attached hydrogen (secondary N) is 1. The van der Waals surface area contributed by atoms with E-state index in [1.807, 2.05) is 18.2 Å². The second-order valence-electron chi connectivity index (χ2n) is 6.06. The molecule has 0 unspecified atom stereocenters. The summed E-state index contributed by atoms with van der Waals surface area (Å²) >= 11 is 0.806. The number of carbonyl (C=O) groups excluding carboxylic acids is 3. The maximum atomic E-state index is 12.4. The molecule has 0 aromatic heterocycles. The van der Waals surface area contributed by atoms with Crippen molar-refractivity contribution in [3.8, 4) is 5.75 Å². The SMILES string of the molecule is O=C(CCN1C(=O)S/C(=C/c2ccccc2)C1=O)Nc1ccc([O-])c(C(=O)O)c1. The average molecular weight is 411 g/mol. The molecule has 3 amide bonds. The van der Waals surface area contributed by atoms with Gasteiger partial charge in [0.05, 0.1) is 10.5 Å². The lowest BCUT2D eigenvalue weighted by molar-refractivity contribution is -0.268. The molecule has 1 fully saturated rings. The second kappa shape index (κ2) is 8.61. The Morgan fingerprint density at radius 2 is 1.86 bits per heavy atom. The molecule has 9 heteroatoms. The molecule has 2 aromatic carbocycles. The minimum absolute atomic E-state index is 0.117. The van der Waals surface area contributed by atoms with Crippen molar-refractivity contribution in [2.45, 2.75) is 6.42 Å². The highest BCUT2D eigenvalue weighted by atomic mass is 32.2. The number of nitrogens with zero attached hydrogens (tertiary/aromatic N) is 1. The monoisotopic (exact) mass is 411 g/mol. The number of hydrogen-bond acceptors (Lipinski definition) is 6. The zero-order chi connectivity index (χ0) is 21.0. The topological polar surface area (TPSA) is 127 Å². The van der Waals surface area contributed by atoms with Gasteiger partial charge in [0.1, 0.15) is 0 Å². The number of rotatable bonds is 6. The number of aromatic carboxylic acids is 1. The van der Waals surface area contributed by atoms with E-state index in [2.05, 4.69) is 5.32 Å². The lowest BCUT2D eigenvalue weighted by atomic mass is 10.1. The van der Waals surface area contributed by atoms with Gasteiger partial charge in [0.25, 0.3) is 11.1 Å². The summed E-state index contributed by atoms with van der Waals surface area (Å²) in [5, 5.41) is 22.4. The van der Waals surface area contributed by atoms with Crippen LogP contribution in [0.2, 0.25) is 0 Å². The van der Waals surface area contributed by atoms with Gasteiger partial charge in [0, 0.05) is 18.7 Å². The Labute approximate surface area is 169 Å². The number of imide groups is 1. The summed E-state index contributed by atoms with van der Waals surface area (Å²) in [6.45, 7) is -0.117. The van der Waals surface area contributed by atoms with Crippen molar-refractivity contribution in [3.05, 3.63) is 64.6 Å². The first-order valence-corrected chi connectivity index (χ1v) is 9.31. The fourth-order valence-electron chi connectivity index (χ4n) is 2.61. The molecule has 8 nitrogen and oxygen atoms in total. The number of carboxylic acid groups (broad SMARTS) is 1. The molecule has 2 aromatic rings. The number of carbonyl (C=O) groups is 4. The Morgan fingerprint density at radius 1 is 1.14 bits per heavy atom. The van der Waals surface area contributed by atoms with Gasteiger partial charge in [0.2, 0.25) is 5.91 Å². The molecular weight excluding hydrogens is 396 g/mol. The largest absolute Gasteiger partial charge is 0.872 e. The Morgan fingerprint density at radius 3 is 2.55 bits per heavy atom. The van der Waals surface area contributed by atoms with Gasteiger partial charge in [-0.25, -0.2) is 4.79 Å². The molecule has 1 aliphatic heterocycles. The number of amides is 3. The van der Waals surface area contributed by atoms with Gasteiger partial charge < -0.3 is 15.5 Å². The standard InChI is InChI=1S/C20H16N2O6S/c23-15-7-6-13(11-14(15)19(26)27)21-17(24)8-9-22-18(25)16(29-20(22)28)10-12-4-2-1-3-5-12/h1-7,10-11,23H,8-9H2,(H,21,24)(H,26,27)/p-1/b16-10+.